The van der Waals surface area contributed by atoms with E-state index in [0.29, 0.717) is 6.42 Å². The van der Waals surface area contributed by atoms with E-state index in [9.17, 15) is 9.18 Å². The Morgan fingerprint density at radius 3 is 2.90 bits per heavy atom. The summed E-state index contributed by atoms with van der Waals surface area (Å²) < 4.78 is 11.7. The smallest absolute Gasteiger partial charge is 0.223 e. The predicted octanol–water partition coefficient (Wildman–Crippen LogP) is 0.871. The summed E-state index contributed by atoms with van der Waals surface area (Å²) >= 11 is 0. The van der Waals surface area contributed by atoms with Gasteiger partial charge in [-0.25, -0.2) is 0 Å². The molecule has 0 aliphatic carbocycles. The van der Waals surface area contributed by atoms with Crippen LogP contribution in [0.25, 0.3) is 0 Å². The minimum Gasteiger partial charge on any atom is -0.353 e. The van der Waals surface area contributed by atoms with Crippen LogP contribution in [-0.4, -0.2) is 18.6 Å². The zero-order valence-electron chi connectivity index (χ0n) is 6.06. The minimum atomic E-state index is -0.336. The molecule has 0 aromatic carbocycles. The van der Waals surface area contributed by atoms with Crippen LogP contribution in [0.3, 0.4) is 0 Å². The van der Waals surface area contributed by atoms with E-state index in [0.717, 1.165) is 6.42 Å². The van der Waals surface area contributed by atoms with Crippen molar-refractivity contribution in [1.29, 1.82) is 0 Å². The summed E-state index contributed by atoms with van der Waals surface area (Å²) in [5.41, 5.74) is 0. The zero-order valence-corrected chi connectivity index (χ0v) is 6.06. The van der Waals surface area contributed by atoms with Crippen LogP contribution >= 0.6 is 0 Å². The second-order valence-electron chi connectivity index (χ2n) is 2.82. The first-order chi connectivity index (χ1) is 4.74. The van der Waals surface area contributed by atoms with Gasteiger partial charge >= 0.3 is 0 Å². The Morgan fingerprint density at radius 1 is 1.80 bits per heavy atom. The van der Waals surface area contributed by atoms with Crippen molar-refractivity contribution in [2.45, 2.75) is 25.8 Å². The number of hydrogen-bond acceptors (Lipinski definition) is 1. The average Bonchev–Trinajstić information content (AvgIpc) is 2.14. The van der Waals surface area contributed by atoms with Crippen molar-refractivity contribution < 1.29 is 9.18 Å². The largest absolute Gasteiger partial charge is 0.353 e. The molecule has 2 unspecified atom stereocenters. The van der Waals surface area contributed by atoms with E-state index in [1.807, 2.05) is 6.92 Å². The second-order valence-corrected chi connectivity index (χ2v) is 2.82. The average molecular weight is 145 g/mol. The Hall–Kier alpha value is -0.600. The van der Waals surface area contributed by atoms with Crippen LogP contribution in [0.4, 0.5) is 4.39 Å². The SMILES string of the molecule is CC1CC(CCF)NC1=O. The van der Waals surface area contributed by atoms with E-state index in [2.05, 4.69) is 5.32 Å². The van der Waals surface area contributed by atoms with Gasteiger partial charge < -0.3 is 5.32 Å². The van der Waals surface area contributed by atoms with E-state index in [4.69, 9.17) is 0 Å². The Labute approximate surface area is 59.8 Å². The van der Waals surface area contributed by atoms with E-state index < -0.39 is 0 Å². The third-order valence-electron chi connectivity index (χ3n) is 1.89. The van der Waals surface area contributed by atoms with Gasteiger partial charge in [-0.15, -0.1) is 0 Å². The highest BCUT2D eigenvalue weighted by Crippen LogP contribution is 2.16. The highest BCUT2D eigenvalue weighted by molar-refractivity contribution is 5.80. The van der Waals surface area contributed by atoms with Gasteiger partial charge in [-0.1, -0.05) is 6.92 Å². The number of carbonyl (C=O) groups is 1. The molecule has 10 heavy (non-hydrogen) atoms. The summed E-state index contributed by atoms with van der Waals surface area (Å²) in [6, 6.07) is 0.0903. The van der Waals surface area contributed by atoms with Gasteiger partial charge in [0, 0.05) is 12.0 Å². The van der Waals surface area contributed by atoms with E-state index in [1.54, 1.807) is 0 Å². The molecule has 0 aromatic rings. The molecule has 0 spiro atoms. The van der Waals surface area contributed by atoms with E-state index >= 15 is 0 Å². The van der Waals surface area contributed by atoms with Gasteiger partial charge in [-0.2, -0.15) is 0 Å². The maximum absolute atomic E-state index is 11.7. The zero-order chi connectivity index (χ0) is 7.56. The Morgan fingerprint density at radius 2 is 2.50 bits per heavy atom. The number of halogens is 1. The minimum absolute atomic E-state index is 0.0680. The van der Waals surface area contributed by atoms with Crippen LogP contribution < -0.4 is 5.32 Å². The summed E-state index contributed by atoms with van der Waals surface area (Å²) in [6.07, 6.45) is 1.26. The molecule has 1 aliphatic heterocycles. The first-order valence-corrected chi connectivity index (χ1v) is 3.60. The standard InChI is InChI=1S/C7H12FNO/c1-5-4-6(2-3-8)9-7(5)10/h5-6H,2-4H2,1H3,(H,9,10). The van der Waals surface area contributed by atoms with Gasteiger partial charge in [0.25, 0.3) is 0 Å². The van der Waals surface area contributed by atoms with Gasteiger partial charge in [0.1, 0.15) is 0 Å². The van der Waals surface area contributed by atoms with Crippen molar-refractivity contribution in [1.82, 2.24) is 5.32 Å². The fraction of sp³-hybridized carbons (Fsp3) is 0.857. The number of amides is 1. The Balaban J connectivity index is 2.34. The molecular weight excluding hydrogens is 133 g/mol. The maximum Gasteiger partial charge on any atom is 0.223 e. The van der Waals surface area contributed by atoms with Gasteiger partial charge in [-0.3, -0.25) is 9.18 Å². The van der Waals surface area contributed by atoms with Crippen LogP contribution in [0.2, 0.25) is 0 Å². The van der Waals surface area contributed by atoms with Crippen LogP contribution in [-0.2, 0) is 4.79 Å². The highest BCUT2D eigenvalue weighted by atomic mass is 19.1. The van der Waals surface area contributed by atoms with Gasteiger partial charge in [0.2, 0.25) is 5.91 Å². The molecule has 0 radical (unpaired) electrons. The first kappa shape index (κ1) is 7.51. The van der Waals surface area contributed by atoms with Gasteiger partial charge in [0.15, 0.2) is 0 Å². The van der Waals surface area contributed by atoms with Crippen LogP contribution in [0.15, 0.2) is 0 Å². The van der Waals surface area contributed by atoms with Crippen molar-refractivity contribution in [3.63, 3.8) is 0 Å². The molecule has 1 saturated heterocycles. The quantitative estimate of drug-likeness (QED) is 0.613. The normalized spacial score (nSPS) is 32.4. The molecule has 1 amide bonds. The lowest BCUT2D eigenvalue weighted by atomic mass is 10.1. The number of alkyl halides is 1. The van der Waals surface area contributed by atoms with E-state index in [1.165, 1.54) is 0 Å². The number of carbonyl (C=O) groups excluding carboxylic acids is 1. The number of rotatable bonds is 2. The molecule has 3 heteroatoms. The van der Waals surface area contributed by atoms with Crippen molar-refractivity contribution in [2.75, 3.05) is 6.67 Å². The molecule has 2 nitrogen and oxygen atoms in total. The molecule has 0 aromatic heterocycles. The van der Waals surface area contributed by atoms with Gasteiger partial charge in [-0.05, 0) is 12.8 Å². The van der Waals surface area contributed by atoms with Crippen LogP contribution in [0.1, 0.15) is 19.8 Å². The number of hydrogen-bond donors (Lipinski definition) is 1. The molecule has 58 valence electrons. The maximum atomic E-state index is 11.7. The molecule has 0 bridgehead atoms. The Bertz CT molecular complexity index is 138. The fourth-order valence-electron chi connectivity index (χ4n) is 1.26. The lowest BCUT2D eigenvalue weighted by Gasteiger charge is -2.04. The molecule has 1 rings (SSSR count). The monoisotopic (exact) mass is 145 g/mol. The topological polar surface area (TPSA) is 29.1 Å². The molecule has 1 aliphatic rings. The molecule has 2 atom stereocenters. The molecule has 1 heterocycles. The van der Waals surface area contributed by atoms with Crippen molar-refractivity contribution in [3.05, 3.63) is 0 Å². The molecular formula is C7H12FNO. The third kappa shape index (κ3) is 1.46. The van der Waals surface area contributed by atoms with Crippen molar-refractivity contribution in [2.24, 2.45) is 5.92 Å². The lowest BCUT2D eigenvalue weighted by Crippen LogP contribution is -2.26. The van der Waals surface area contributed by atoms with Gasteiger partial charge in [0.05, 0.1) is 6.67 Å². The highest BCUT2D eigenvalue weighted by Gasteiger charge is 2.27. The van der Waals surface area contributed by atoms with Crippen molar-refractivity contribution >= 4 is 5.91 Å². The van der Waals surface area contributed by atoms with Crippen molar-refractivity contribution in [3.8, 4) is 0 Å². The summed E-state index contributed by atoms with van der Waals surface area (Å²) in [5.74, 6) is 0.148. The molecule has 1 fully saturated rings. The first-order valence-electron chi connectivity index (χ1n) is 3.60. The third-order valence-corrected chi connectivity index (χ3v) is 1.89. The number of nitrogens with one attached hydrogen (secondary N) is 1. The second kappa shape index (κ2) is 2.99. The molecule has 0 saturated carbocycles. The van der Waals surface area contributed by atoms with Crippen LogP contribution in [0.5, 0.6) is 0 Å². The van der Waals surface area contributed by atoms with E-state index in [-0.39, 0.29) is 24.5 Å². The summed E-state index contributed by atoms with van der Waals surface area (Å²) in [7, 11) is 0. The fourth-order valence-corrected chi connectivity index (χ4v) is 1.26. The summed E-state index contributed by atoms with van der Waals surface area (Å²) in [6.45, 7) is 1.53. The predicted molar refractivity (Wildman–Crippen MR) is 36.3 cm³/mol. The van der Waals surface area contributed by atoms with Crippen LogP contribution in [0, 0.1) is 5.92 Å². The molecule has 1 N–H and O–H groups in total. The summed E-state index contributed by atoms with van der Waals surface area (Å²) in [5, 5.41) is 2.73. The summed E-state index contributed by atoms with van der Waals surface area (Å²) in [4.78, 5) is 10.8. The Kier molecular flexibility index (Phi) is 2.25. The lowest BCUT2D eigenvalue weighted by molar-refractivity contribution is -0.122.